The number of aryl methyl sites for hydroxylation is 1. The highest BCUT2D eigenvalue weighted by Crippen LogP contribution is 2.21. The van der Waals surface area contributed by atoms with Crippen LogP contribution in [0, 0.1) is 11.3 Å². The third kappa shape index (κ3) is 2.89. The molecule has 0 radical (unpaired) electrons. The van der Waals surface area contributed by atoms with Crippen molar-refractivity contribution in [2.45, 2.75) is 25.3 Å². The van der Waals surface area contributed by atoms with Crippen molar-refractivity contribution in [3.63, 3.8) is 0 Å². The number of imidazole rings is 1. The first-order valence-electron chi connectivity index (χ1n) is 6.25. The van der Waals surface area contributed by atoms with Crippen LogP contribution < -0.4 is 0 Å². The lowest BCUT2D eigenvalue weighted by molar-refractivity contribution is 0.191. The average molecular weight is 278 g/mol. The fourth-order valence-electron chi connectivity index (χ4n) is 2.15. The number of halogens is 1. The molecule has 0 aliphatic carbocycles. The summed E-state index contributed by atoms with van der Waals surface area (Å²) in [6.45, 7) is 1.60. The number of benzene rings is 1. The van der Waals surface area contributed by atoms with Gasteiger partial charge in [0, 0.05) is 20.3 Å². The SMILES string of the molecule is COCCCCn1c(CCl)nc2c(C#N)cccc21. The van der Waals surface area contributed by atoms with E-state index in [2.05, 4.69) is 15.6 Å². The molecule has 0 spiro atoms. The van der Waals surface area contributed by atoms with E-state index < -0.39 is 0 Å². The summed E-state index contributed by atoms with van der Waals surface area (Å²) in [5.74, 6) is 1.17. The number of nitriles is 1. The number of para-hydroxylation sites is 1. The van der Waals surface area contributed by atoms with Gasteiger partial charge in [-0.3, -0.25) is 0 Å². The maximum atomic E-state index is 9.11. The molecule has 0 saturated carbocycles. The van der Waals surface area contributed by atoms with Crippen LogP contribution in [0.2, 0.25) is 0 Å². The molecular weight excluding hydrogens is 262 g/mol. The van der Waals surface area contributed by atoms with Crippen LogP contribution in [0.1, 0.15) is 24.2 Å². The zero-order valence-electron chi connectivity index (χ0n) is 10.9. The van der Waals surface area contributed by atoms with E-state index in [4.69, 9.17) is 21.6 Å². The number of ether oxygens (including phenoxy) is 1. The molecule has 0 fully saturated rings. The molecule has 1 heterocycles. The number of methoxy groups -OCH3 is 1. The molecule has 0 saturated heterocycles. The highest BCUT2D eigenvalue weighted by molar-refractivity contribution is 6.16. The summed E-state index contributed by atoms with van der Waals surface area (Å²) in [6.07, 6.45) is 2.00. The van der Waals surface area contributed by atoms with Gasteiger partial charge in [-0.2, -0.15) is 5.26 Å². The van der Waals surface area contributed by atoms with Crippen LogP contribution in [0.4, 0.5) is 0 Å². The first-order valence-corrected chi connectivity index (χ1v) is 6.78. The minimum atomic E-state index is 0.351. The standard InChI is InChI=1S/C14H16ClN3O/c1-19-8-3-2-7-18-12-6-4-5-11(10-16)14(12)17-13(18)9-15/h4-6H,2-3,7-9H2,1H3. The van der Waals surface area contributed by atoms with Gasteiger partial charge in [-0.25, -0.2) is 4.98 Å². The molecule has 0 aliphatic heterocycles. The summed E-state index contributed by atoms with van der Waals surface area (Å²) in [5.41, 5.74) is 2.32. The minimum Gasteiger partial charge on any atom is -0.385 e. The normalized spacial score (nSPS) is 10.8. The Labute approximate surface area is 117 Å². The summed E-state index contributed by atoms with van der Waals surface area (Å²) in [5, 5.41) is 9.11. The average Bonchev–Trinajstić information content (AvgIpc) is 2.81. The van der Waals surface area contributed by atoms with Crippen molar-refractivity contribution in [2.24, 2.45) is 0 Å². The Hall–Kier alpha value is -1.57. The summed E-state index contributed by atoms with van der Waals surface area (Å²) in [6, 6.07) is 7.82. The van der Waals surface area contributed by atoms with Gasteiger partial charge < -0.3 is 9.30 Å². The lowest BCUT2D eigenvalue weighted by Gasteiger charge is -2.07. The van der Waals surface area contributed by atoms with Gasteiger partial charge in [-0.1, -0.05) is 6.07 Å². The van der Waals surface area contributed by atoms with Crippen LogP contribution in [0.3, 0.4) is 0 Å². The number of hydrogen-bond donors (Lipinski definition) is 0. The highest BCUT2D eigenvalue weighted by Gasteiger charge is 2.12. The molecule has 4 nitrogen and oxygen atoms in total. The van der Waals surface area contributed by atoms with E-state index >= 15 is 0 Å². The molecule has 5 heteroatoms. The Morgan fingerprint density at radius 1 is 1.42 bits per heavy atom. The Morgan fingerprint density at radius 2 is 2.26 bits per heavy atom. The molecule has 1 aromatic carbocycles. The van der Waals surface area contributed by atoms with Gasteiger partial charge in [0.05, 0.1) is 17.0 Å². The first-order chi connectivity index (χ1) is 9.31. The second-order valence-electron chi connectivity index (χ2n) is 4.30. The summed E-state index contributed by atoms with van der Waals surface area (Å²) in [4.78, 5) is 4.48. The maximum absolute atomic E-state index is 9.11. The fraction of sp³-hybridized carbons (Fsp3) is 0.429. The quantitative estimate of drug-likeness (QED) is 0.602. The number of rotatable bonds is 6. The van der Waals surface area contributed by atoms with Gasteiger partial charge >= 0.3 is 0 Å². The van der Waals surface area contributed by atoms with Crippen LogP contribution in [0.25, 0.3) is 11.0 Å². The van der Waals surface area contributed by atoms with Crippen molar-refractivity contribution >= 4 is 22.6 Å². The van der Waals surface area contributed by atoms with Gasteiger partial charge in [-0.15, -0.1) is 11.6 Å². The third-order valence-corrected chi connectivity index (χ3v) is 3.32. The number of aromatic nitrogens is 2. The fourth-order valence-corrected chi connectivity index (χ4v) is 2.36. The summed E-state index contributed by atoms with van der Waals surface area (Å²) in [7, 11) is 1.70. The molecule has 0 unspecified atom stereocenters. The Balaban J connectivity index is 2.33. The third-order valence-electron chi connectivity index (χ3n) is 3.08. The van der Waals surface area contributed by atoms with Gasteiger partial charge in [-0.05, 0) is 25.0 Å². The lowest BCUT2D eigenvalue weighted by Crippen LogP contribution is -2.03. The smallest absolute Gasteiger partial charge is 0.124 e. The first kappa shape index (κ1) is 13.9. The largest absolute Gasteiger partial charge is 0.385 e. The predicted molar refractivity (Wildman–Crippen MR) is 75.1 cm³/mol. The van der Waals surface area contributed by atoms with Gasteiger partial charge in [0.25, 0.3) is 0 Å². The monoisotopic (exact) mass is 277 g/mol. The second-order valence-corrected chi connectivity index (χ2v) is 4.57. The van der Waals surface area contributed by atoms with Crippen molar-refractivity contribution < 1.29 is 4.74 Å². The van der Waals surface area contributed by atoms with Crippen LogP contribution in [-0.2, 0) is 17.2 Å². The summed E-state index contributed by atoms with van der Waals surface area (Å²) >= 11 is 5.95. The Morgan fingerprint density at radius 3 is 2.95 bits per heavy atom. The van der Waals surface area contributed by atoms with Crippen molar-refractivity contribution in [1.29, 1.82) is 5.26 Å². The van der Waals surface area contributed by atoms with Crippen LogP contribution in [-0.4, -0.2) is 23.3 Å². The number of alkyl halides is 1. The number of fused-ring (bicyclic) bond motifs is 1. The molecular formula is C14H16ClN3O. The van der Waals surface area contributed by atoms with Crippen molar-refractivity contribution in [3.05, 3.63) is 29.6 Å². The predicted octanol–water partition coefficient (Wildman–Crippen LogP) is 3.07. The molecule has 1 aromatic heterocycles. The molecule has 19 heavy (non-hydrogen) atoms. The zero-order valence-corrected chi connectivity index (χ0v) is 11.7. The molecule has 100 valence electrons. The Bertz CT molecular complexity index is 600. The number of unbranched alkanes of at least 4 members (excludes halogenated alkanes) is 1. The van der Waals surface area contributed by atoms with Crippen molar-refractivity contribution in [1.82, 2.24) is 9.55 Å². The molecule has 2 aromatic rings. The zero-order chi connectivity index (χ0) is 13.7. The lowest BCUT2D eigenvalue weighted by atomic mass is 10.2. The van der Waals surface area contributed by atoms with E-state index in [1.165, 1.54) is 0 Å². The van der Waals surface area contributed by atoms with E-state index in [0.717, 1.165) is 42.9 Å². The minimum absolute atomic E-state index is 0.351. The van der Waals surface area contributed by atoms with Crippen LogP contribution in [0.15, 0.2) is 18.2 Å². The molecule has 0 aliphatic rings. The number of hydrogen-bond acceptors (Lipinski definition) is 3. The van der Waals surface area contributed by atoms with Crippen molar-refractivity contribution in [3.8, 4) is 6.07 Å². The van der Waals surface area contributed by atoms with Gasteiger partial charge in [0.15, 0.2) is 0 Å². The molecule has 0 bridgehead atoms. The van der Waals surface area contributed by atoms with Crippen molar-refractivity contribution in [2.75, 3.05) is 13.7 Å². The molecule has 2 rings (SSSR count). The molecule has 0 amide bonds. The second kappa shape index (κ2) is 6.55. The number of nitrogens with zero attached hydrogens (tertiary/aromatic N) is 3. The topological polar surface area (TPSA) is 50.8 Å². The van der Waals surface area contributed by atoms with E-state index in [9.17, 15) is 0 Å². The molecule has 0 N–H and O–H groups in total. The maximum Gasteiger partial charge on any atom is 0.124 e. The van der Waals surface area contributed by atoms with Gasteiger partial charge in [0.1, 0.15) is 17.4 Å². The van der Waals surface area contributed by atoms with Crippen LogP contribution in [0.5, 0.6) is 0 Å². The van der Waals surface area contributed by atoms with E-state index in [1.807, 2.05) is 12.1 Å². The Kier molecular flexibility index (Phi) is 4.78. The summed E-state index contributed by atoms with van der Waals surface area (Å²) < 4.78 is 7.14. The highest BCUT2D eigenvalue weighted by atomic mass is 35.5. The van der Waals surface area contributed by atoms with E-state index in [0.29, 0.717) is 11.4 Å². The van der Waals surface area contributed by atoms with Crippen LogP contribution >= 0.6 is 11.6 Å². The van der Waals surface area contributed by atoms with E-state index in [-0.39, 0.29) is 0 Å². The molecule has 0 atom stereocenters. The van der Waals surface area contributed by atoms with Gasteiger partial charge in [0.2, 0.25) is 0 Å². The van der Waals surface area contributed by atoms with E-state index in [1.54, 1.807) is 13.2 Å².